The van der Waals surface area contributed by atoms with Crippen molar-refractivity contribution < 1.29 is 23.7 Å². The number of hydrogen-bond acceptors (Lipinski definition) is 7. The maximum atomic E-state index is 12.9. The van der Waals surface area contributed by atoms with Crippen molar-refractivity contribution in [3.8, 4) is 0 Å². The molecule has 1 unspecified atom stereocenters. The van der Waals surface area contributed by atoms with Crippen molar-refractivity contribution in [2.45, 2.75) is 73.1 Å². The number of aromatic nitrogens is 1. The molecule has 1 aromatic rings. The number of fused-ring (bicyclic) bond motifs is 1. The normalized spacial score (nSPS) is 24.4. The van der Waals surface area contributed by atoms with E-state index in [0.29, 0.717) is 55.0 Å². The number of carbonyl (C=O) groups is 3. The van der Waals surface area contributed by atoms with E-state index in [1.165, 1.54) is 0 Å². The first-order valence-electron chi connectivity index (χ1n) is 10.3. The topological polar surface area (TPSA) is 98.8 Å². The van der Waals surface area contributed by atoms with Crippen LogP contribution in [-0.4, -0.2) is 34.8 Å². The zero-order valence-electron chi connectivity index (χ0n) is 18.0. The molecule has 1 atom stereocenters. The van der Waals surface area contributed by atoms with E-state index in [-0.39, 0.29) is 41.0 Å². The van der Waals surface area contributed by atoms with Gasteiger partial charge in [-0.2, -0.15) is 0 Å². The second-order valence-electron chi connectivity index (χ2n) is 9.75. The molecule has 0 aliphatic heterocycles. The molecule has 1 aromatic heterocycles. The largest absolute Gasteiger partial charge is 0.396 e. The Morgan fingerprint density at radius 1 is 1.14 bits per heavy atom. The molecule has 0 spiro atoms. The van der Waals surface area contributed by atoms with Crippen LogP contribution in [0.3, 0.4) is 0 Å². The third-order valence-electron chi connectivity index (χ3n) is 5.60. The number of nitrogens with zero attached hydrogens (tertiary/aromatic N) is 2. The molecule has 7 nitrogen and oxygen atoms in total. The fourth-order valence-corrected chi connectivity index (χ4v) is 4.39. The maximum absolute atomic E-state index is 12.9. The zero-order chi connectivity index (χ0) is 21.4. The van der Waals surface area contributed by atoms with Crippen molar-refractivity contribution in [2.24, 2.45) is 21.9 Å². The Hall–Kier alpha value is -2.31. The number of hydrogen-bond donors (Lipinski definition) is 0. The Labute approximate surface area is 171 Å². The van der Waals surface area contributed by atoms with E-state index in [2.05, 4.69) is 10.3 Å². The SMILES string of the molecule is CCON=C1CC(C)(C)CC(=O)C1C(=O)CCc1noc2c1C(=O)CC(C)(C)C2. The molecule has 7 heteroatoms. The van der Waals surface area contributed by atoms with Gasteiger partial charge in [-0.25, -0.2) is 0 Å². The summed E-state index contributed by atoms with van der Waals surface area (Å²) in [7, 11) is 0. The molecule has 29 heavy (non-hydrogen) atoms. The van der Waals surface area contributed by atoms with Crippen LogP contribution in [0.15, 0.2) is 9.68 Å². The molecule has 0 aromatic carbocycles. The van der Waals surface area contributed by atoms with E-state index in [1.807, 2.05) is 34.6 Å². The average Bonchev–Trinajstić information content (AvgIpc) is 2.98. The summed E-state index contributed by atoms with van der Waals surface area (Å²) < 4.78 is 5.40. The van der Waals surface area contributed by atoms with E-state index in [9.17, 15) is 14.4 Å². The first-order chi connectivity index (χ1) is 13.5. The van der Waals surface area contributed by atoms with Crippen LogP contribution in [0, 0.1) is 16.7 Å². The van der Waals surface area contributed by atoms with Gasteiger partial charge in [0.1, 0.15) is 29.9 Å². The van der Waals surface area contributed by atoms with Crippen LogP contribution in [-0.2, 0) is 27.3 Å². The first kappa shape index (κ1) is 21.4. The summed E-state index contributed by atoms with van der Waals surface area (Å²) in [6.07, 6.45) is 2.35. The zero-order valence-corrected chi connectivity index (χ0v) is 18.0. The Balaban J connectivity index is 1.75. The summed E-state index contributed by atoms with van der Waals surface area (Å²) in [6.45, 7) is 10.2. The average molecular weight is 402 g/mol. The number of aryl methyl sites for hydroxylation is 1. The van der Waals surface area contributed by atoms with Gasteiger partial charge in [-0.15, -0.1) is 0 Å². The molecule has 0 amide bonds. The highest BCUT2D eigenvalue weighted by atomic mass is 16.6. The lowest BCUT2D eigenvalue weighted by Gasteiger charge is -2.33. The molecule has 3 rings (SSSR count). The monoisotopic (exact) mass is 402 g/mol. The van der Waals surface area contributed by atoms with Crippen molar-refractivity contribution in [1.29, 1.82) is 0 Å². The molecule has 2 aliphatic carbocycles. The predicted octanol–water partition coefficient (Wildman–Crippen LogP) is 3.73. The molecule has 0 saturated heterocycles. The molecular formula is C22H30N2O5. The van der Waals surface area contributed by atoms with Crippen LogP contribution in [0.1, 0.15) is 82.1 Å². The second-order valence-corrected chi connectivity index (χ2v) is 9.75. The highest BCUT2D eigenvalue weighted by Crippen LogP contribution is 2.37. The fourth-order valence-electron chi connectivity index (χ4n) is 4.39. The van der Waals surface area contributed by atoms with Crippen molar-refractivity contribution >= 4 is 23.1 Å². The third-order valence-corrected chi connectivity index (χ3v) is 5.60. The van der Waals surface area contributed by atoms with Crippen LogP contribution in [0.25, 0.3) is 0 Å². The minimum atomic E-state index is -0.869. The number of ketones is 3. The van der Waals surface area contributed by atoms with E-state index in [0.717, 1.165) is 0 Å². The summed E-state index contributed by atoms with van der Waals surface area (Å²) in [5, 5.41) is 8.13. The molecule has 0 N–H and O–H groups in total. The van der Waals surface area contributed by atoms with Gasteiger partial charge in [0.05, 0.1) is 17.0 Å². The lowest BCUT2D eigenvalue weighted by atomic mass is 9.69. The maximum Gasteiger partial charge on any atom is 0.168 e. The van der Waals surface area contributed by atoms with Crippen molar-refractivity contribution in [3.63, 3.8) is 0 Å². The molecule has 1 fully saturated rings. The lowest BCUT2D eigenvalue weighted by Crippen LogP contribution is -2.42. The van der Waals surface area contributed by atoms with Gasteiger partial charge >= 0.3 is 0 Å². The number of Topliss-reactive ketones (excluding diaryl/α,β-unsaturated/α-hetero) is 3. The first-order valence-corrected chi connectivity index (χ1v) is 10.3. The van der Waals surface area contributed by atoms with Gasteiger partial charge in [0.2, 0.25) is 0 Å². The number of rotatable bonds is 6. The molecule has 2 aliphatic rings. The van der Waals surface area contributed by atoms with Gasteiger partial charge < -0.3 is 9.36 Å². The summed E-state index contributed by atoms with van der Waals surface area (Å²) >= 11 is 0. The molecule has 0 bridgehead atoms. The van der Waals surface area contributed by atoms with Crippen LogP contribution in [0.4, 0.5) is 0 Å². The third kappa shape index (κ3) is 4.65. The number of oxime groups is 1. The molecule has 1 heterocycles. The van der Waals surface area contributed by atoms with Crippen molar-refractivity contribution in [1.82, 2.24) is 5.16 Å². The summed E-state index contributed by atoms with van der Waals surface area (Å²) in [5.41, 5.74) is 1.15. The minimum Gasteiger partial charge on any atom is -0.396 e. The van der Waals surface area contributed by atoms with Gasteiger partial charge in [0.25, 0.3) is 0 Å². The summed E-state index contributed by atoms with van der Waals surface area (Å²) in [4.78, 5) is 43.4. The van der Waals surface area contributed by atoms with Crippen molar-refractivity contribution in [3.05, 3.63) is 17.0 Å². The Morgan fingerprint density at radius 2 is 1.83 bits per heavy atom. The smallest absolute Gasteiger partial charge is 0.168 e. The Morgan fingerprint density at radius 3 is 2.52 bits per heavy atom. The van der Waals surface area contributed by atoms with E-state index >= 15 is 0 Å². The van der Waals surface area contributed by atoms with Gasteiger partial charge in [-0.3, -0.25) is 14.4 Å². The minimum absolute atomic E-state index is 0.00837. The second kappa shape index (κ2) is 7.84. The summed E-state index contributed by atoms with van der Waals surface area (Å²) in [6, 6.07) is 0. The standard InChI is InChI=1S/C22H30N2O5/c1-6-28-23-14-9-21(2,3)10-16(26)19(14)15(25)8-7-13-20-17(27)11-22(4,5)12-18(20)29-24-13/h19H,6-12H2,1-5H3. The Bertz CT molecular complexity index is 863. The Kier molecular flexibility index (Phi) is 5.79. The van der Waals surface area contributed by atoms with E-state index in [1.54, 1.807) is 0 Å². The van der Waals surface area contributed by atoms with Crippen LogP contribution in [0.5, 0.6) is 0 Å². The van der Waals surface area contributed by atoms with Crippen molar-refractivity contribution in [2.75, 3.05) is 6.61 Å². The number of carbonyl (C=O) groups excluding carboxylic acids is 3. The van der Waals surface area contributed by atoms with E-state index in [4.69, 9.17) is 9.36 Å². The molecule has 158 valence electrons. The molecule has 1 saturated carbocycles. The van der Waals surface area contributed by atoms with Crippen LogP contribution in [0.2, 0.25) is 0 Å². The fraction of sp³-hybridized carbons (Fsp3) is 0.682. The predicted molar refractivity (Wildman–Crippen MR) is 107 cm³/mol. The highest BCUT2D eigenvalue weighted by molar-refractivity contribution is 6.22. The summed E-state index contributed by atoms with van der Waals surface area (Å²) in [5.74, 6) is -0.585. The molecule has 0 radical (unpaired) electrons. The van der Waals surface area contributed by atoms with Gasteiger partial charge in [0, 0.05) is 32.1 Å². The molecular weight excluding hydrogens is 372 g/mol. The quantitative estimate of drug-likeness (QED) is 0.531. The lowest BCUT2D eigenvalue weighted by molar-refractivity contribution is -0.132. The van der Waals surface area contributed by atoms with E-state index < -0.39 is 5.92 Å². The van der Waals surface area contributed by atoms with Gasteiger partial charge in [-0.05, 0) is 24.2 Å². The van der Waals surface area contributed by atoms with Crippen LogP contribution < -0.4 is 0 Å². The van der Waals surface area contributed by atoms with Gasteiger partial charge in [0.15, 0.2) is 5.78 Å². The van der Waals surface area contributed by atoms with Gasteiger partial charge in [-0.1, -0.05) is 38.0 Å². The highest BCUT2D eigenvalue weighted by Gasteiger charge is 2.42. The van der Waals surface area contributed by atoms with Crippen LogP contribution >= 0.6 is 0 Å².